The van der Waals surface area contributed by atoms with Crippen LogP contribution in [-0.4, -0.2) is 50.5 Å². The first kappa shape index (κ1) is 13.0. The minimum atomic E-state index is -0.529. The highest BCUT2D eigenvalue weighted by molar-refractivity contribution is 5.13. The van der Waals surface area contributed by atoms with Crippen molar-refractivity contribution in [2.24, 2.45) is 5.92 Å². The Hall–Kier alpha value is -0.980. The molecule has 1 aromatic carbocycles. The van der Waals surface area contributed by atoms with E-state index >= 15 is 0 Å². The van der Waals surface area contributed by atoms with Crippen LogP contribution in [0.4, 0.5) is 0 Å². The second-order valence-electron chi connectivity index (χ2n) is 4.55. The van der Waals surface area contributed by atoms with Gasteiger partial charge in [0.05, 0.1) is 31.8 Å². The number of methoxy groups -OCH3 is 1. The van der Waals surface area contributed by atoms with Crippen molar-refractivity contribution in [3.05, 3.63) is 35.9 Å². The molecule has 5 nitrogen and oxygen atoms in total. The zero-order valence-electron chi connectivity index (χ0n) is 11.9. The molecule has 0 aromatic heterocycles. The van der Waals surface area contributed by atoms with Gasteiger partial charge in [-0.2, -0.15) is 0 Å². The van der Waals surface area contributed by atoms with Crippen LogP contribution in [0.3, 0.4) is 0 Å². The number of hydrogen-bond donors (Lipinski definition) is 2. The molecule has 1 aliphatic rings. The summed E-state index contributed by atoms with van der Waals surface area (Å²) in [6.07, 6.45) is -1.36. The summed E-state index contributed by atoms with van der Waals surface area (Å²) < 4.78 is 23.6. The van der Waals surface area contributed by atoms with Crippen molar-refractivity contribution in [2.75, 3.05) is 20.3 Å². The first-order chi connectivity index (χ1) is 9.80. The molecule has 4 atom stereocenters. The average molecular weight is 269 g/mol. The van der Waals surface area contributed by atoms with Gasteiger partial charge in [0.25, 0.3) is 0 Å². The molecule has 2 N–H and O–H groups in total. The molecule has 0 radical (unpaired) electrons. The maximum absolute atomic E-state index is 9.38. The Morgan fingerprint density at radius 1 is 1.32 bits per heavy atom. The van der Waals surface area contributed by atoms with Crippen molar-refractivity contribution in [3.8, 4) is 0 Å². The fourth-order valence-electron chi connectivity index (χ4n) is 2.33. The molecule has 1 fully saturated rings. The van der Waals surface area contributed by atoms with Gasteiger partial charge in [-0.15, -0.1) is 0 Å². The van der Waals surface area contributed by atoms with E-state index < -0.39 is 12.4 Å². The van der Waals surface area contributed by atoms with Crippen molar-refractivity contribution in [1.29, 1.82) is 1.43 Å². The van der Waals surface area contributed by atoms with E-state index in [2.05, 4.69) is 5.11 Å². The van der Waals surface area contributed by atoms with Gasteiger partial charge >= 0.3 is 0 Å². The van der Waals surface area contributed by atoms with Gasteiger partial charge in [0.2, 0.25) is 1.43 Å². The van der Waals surface area contributed by atoms with Gasteiger partial charge in [0.15, 0.2) is 6.29 Å². The second kappa shape index (κ2) is 6.98. The van der Waals surface area contributed by atoms with Gasteiger partial charge in [-0.25, -0.2) is 0 Å². The highest BCUT2D eigenvalue weighted by atomic mass is 16.7. The lowest BCUT2D eigenvalue weighted by Gasteiger charge is -2.21. The average Bonchev–Trinajstić information content (AvgIpc) is 2.84. The maximum atomic E-state index is 9.38. The van der Waals surface area contributed by atoms with Crippen molar-refractivity contribution in [2.45, 2.75) is 25.1 Å². The van der Waals surface area contributed by atoms with Gasteiger partial charge in [0, 0.05) is 7.11 Å². The first-order valence-electron chi connectivity index (χ1n) is 6.73. The van der Waals surface area contributed by atoms with Gasteiger partial charge in [-0.05, 0) is 5.56 Å². The van der Waals surface area contributed by atoms with E-state index in [9.17, 15) is 5.11 Å². The van der Waals surface area contributed by atoms with Crippen molar-refractivity contribution in [3.63, 3.8) is 0 Å². The zero-order chi connectivity index (χ0) is 14.4. The molecule has 0 amide bonds. The molecular formula is C14H20O5. The fourth-order valence-corrected chi connectivity index (χ4v) is 2.33. The predicted molar refractivity (Wildman–Crippen MR) is 68.4 cm³/mol. The lowest BCUT2D eigenvalue weighted by Crippen LogP contribution is -2.35. The lowest BCUT2D eigenvalue weighted by atomic mass is 10.0. The van der Waals surface area contributed by atoms with E-state index in [-0.39, 0.29) is 25.2 Å². The molecule has 106 valence electrons. The van der Waals surface area contributed by atoms with Crippen LogP contribution in [0.1, 0.15) is 5.56 Å². The summed E-state index contributed by atoms with van der Waals surface area (Å²) in [7, 11) is 1.52. The molecule has 5 heteroatoms. The Bertz CT molecular complexity index is 388. The standard InChI is InChI=1S/C14H20O5/c1-17-14-11(7-15)13(12(8-16)19-14)18-9-10-5-3-2-4-6-10/h2-6,11-16H,7-9H2,1H3/t11?,12-,13-,14+/m1/s1/i15D. The summed E-state index contributed by atoms with van der Waals surface area (Å²) in [6, 6.07) is 9.75. The normalized spacial score (nSPS) is 31.4. The molecular weight excluding hydrogens is 248 g/mol. The van der Waals surface area contributed by atoms with Crippen LogP contribution in [0.25, 0.3) is 0 Å². The summed E-state index contributed by atoms with van der Waals surface area (Å²) >= 11 is 0. The lowest BCUT2D eigenvalue weighted by molar-refractivity contribution is -0.143. The van der Waals surface area contributed by atoms with E-state index in [1.165, 1.54) is 7.11 Å². The topological polar surface area (TPSA) is 68.2 Å². The SMILES string of the molecule is [2H]OCC1[C@@H](OC)O[C@H](CO)[C@@H]1OCc1ccccc1. The number of hydrogen-bond acceptors (Lipinski definition) is 5. The first-order valence-corrected chi connectivity index (χ1v) is 6.33. The highest BCUT2D eigenvalue weighted by Crippen LogP contribution is 2.30. The van der Waals surface area contributed by atoms with Crippen LogP contribution in [0.15, 0.2) is 30.3 Å². The van der Waals surface area contributed by atoms with E-state index in [1.807, 2.05) is 30.3 Å². The summed E-state index contributed by atoms with van der Waals surface area (Å²) in [5.74, 6) is -0.238. The van der Waals surface area contributed by atoms with Gasteiger partial charge < -0.3 is 24.4 Å². The molecule has 1 unspecified atom stereocenters. The summed E-state index contributed by atoms with van der Waals surface area (Å²) in [6.45, 7) is 0.387. The smallest absolute Gasteiger partial charge is 0.210 e. The molecule has 1 aliphatic heterocycles. The number of aliphatic hydroxyl groups excluding tert-OH is 2. The van der Waals surface area contributed by atoms with Crippen LogP contribution < -0.4 is 0 Å². The highest BCUT2D eigenvalue weighted by Gasteiger charge is 2.44. The Labute approximate surface area is 114 Å². The number of benzene rings is 1. The maximum Gasteiger partial charge on any atom is 0.210 e. The molecule has 2 rings (SSSR count). The Morgan fingerprint density at radius 3 is 2.74 bits per heavy atom. The summed E-state index contributed by atoms with van der Waals surface area (Å²) in [5, 5.41) is 13.8. The molecule has 1 saturated heterocycles. The van der Waals surface area contributed by atoms with E-state index in [1.54, 1.807) is 0 Å². The Kier molecular flexibility index (Phi) is 4.78. The van der Waals surface area contributed by atoms with E-state index in [0.29, 0.717) is 6.61 Å². The van der Waals surface area contributed by atoms with Crippen LogP contribution in [0, 0.1) is 5.92 Å². The largest absolute Gasteiger partial charge is 0.396 e. The molecule has 1 heterocycles. The van der Waals surface area contributed by atoms with Gasteiger partial charge in [-0.3, -0.25) is 0 Å². The Morgan fingerprint density at radius 2 is 2.11 bits per heavy atom. The molecule has 19 heavy (non-hydrogen) atoms. The molecule has 1 aromatic rings. The zero-order valence-corrected chi connectivity index (χ0v) is 10.9. The quantitative estimate of drug-likeness (QED) is 0.756. The van der Waals surface area contributed by atoms with Crippen molar-refractivity contribution >= 4 is 0 Å². The van der Waals surface area contributed by atoms with E-state index in [0.717, 1.165) is 5.56 Å². The monoisotopic (exact) mass is 269 g/mol. The second-order valence-corrected chi connectivity index (χ2v) is 4.55. The van der Waals surface area contributed by atoms with Crippen LogP contribution in [0.5, 0.6) is 0 Å². The van der Waals surface area contributed by atoms with Gasteiger partial charge in [0.1, 0.15) is 6.10 Å². The predicted octanol–water partition coefficient (Wildman–Crippen LogP) is 0.544. The van der Waals surface area contributed by atoms with Crippen LogP contribution in [-0.2, 0) is 20.8 Å². The third-order valence-electron chi connectivity index (χ3n) is 3.34. The van der Waals surface area contributed by atoms with Crippen molar-refractivity contribution < 1.29 is 24.4 Å². The summed E-state index contributed by atoms with van der Waals surface area (Å²) in [4.78, 5) is 0. The van der Waals surface area contributed by atoms with Crippen molar-refractivity contribution in [1.82, 2.24) is 0 Å². The summed E-state index contributed by atoms with van der Waals surface area (Å²) in [5.41, 5.74) is 1.04. The molecule has 0 saturated carbocycles. The molecule has 0 aliphatic carbocycles. The molecule has 0 bridgehead atoms. The number of aliphatic hydroxyl groups is 2. The minimum absolute atomic E-state index is 0.133. The number of rotatable bonds is 7. The number of ether oxygens (including phenoxy) is 3. The van der Waals surface area contributed by atoms with Crippen LogP contribution >= 0.6 is 0 Å². The minimum Gasteiger partial charge on any atom is -0.396 e. The van der Waals surface area contributed by atoms with Gasteiger partial charge in [-0.1, -0.05) is 30.3 Å². The third-order valence-corrected chi connectivity index (χ3v) is 3.34. The van der Waals surface area contributed by atoms with Crippen LogP contribution in [0.2, 0.25) is 0 Å². The van der Waals surface area contributed by atoms with E-state index in [4.69, 9.17) is 15.6 Å². The molecule has 0 spiro atoms. The Balaban J connectivity index is 2.01. The fraction of sp³-hybridized carbons (Fsp3) is 0.571. The third kappa shape index (κ3) is 3.32.